The number of ether oxygens (including phenoxy) is 1. The predicted octanol–water partition coefficient (Wildman–Crippen LogP) is 12.2. The van der Waals surface area contributed by atoms with Gasteiger partial charge in [0.15, 0.2) is 0 Å². The number of allylic oxidation sites excluding steroid dienone is 4. The molecule has 7 aromatic carbocycles. The molecule has 0 aromatic heterocycles. The Balaban J connectivity index is 1.01. The van der Waals surface area contributed by atoms with E-state index in [1.54, 1.807) is 0 Å². The van der Waals surface area contributed by atoms with Crippen LogP contribution in [-0.4, -0.2) is 6.21 Å². The molecule has 1 aliphatic heterocycles. The topological polar surface area (TPSA) is 59.6 Å². The fraction of sp³-hybridized carbons (Fsp3) is 0.113. The van der Waals surface area contributed by atoms with Crippen LogP contribution in [0.4, 0.5) is 0 Å². The first-order valence-electron chi connectivity index (χ1n) is 19.8. The smallest absolute Gasteiger partial charge is 0.132 e. The zero-order valence-corrected chi connectivity index (χ0v) is 31.8. The van der Waals surface area contributed by atoms with Crippen molar-refractivity contribution >= 4 is 6.21 Å². The zero-order chi connectivity index (χ0) is 38.3. The van der Waals surface area contributed by atoms with Crippen molar-refractivity contribution in [1.29, 1.82) is 0 Å². The standard InChI is InChI=1S/C53H43N3O/c1-35-13-5-6-16-42(35)34-55-52(56-51(54)39-27-23-37(24-28-39)36-14-3-2-4-15-36)40-29-25-38(26-30-40)41-31-32-44-43-17-7-8-18-45(43)53(48(44)33-41)46-19-9-11-21-49(46)57-50-22-12-10-20-47(50)53/h2-35,42,51-52,56H,54H2,1H3. The summed E-state index contributed by atoms with van der Waals surface area (Å²) in [6.45, 7) is 2.23. The summed E-state index contributed by atoms with van der Waals surface area (Å²) in [5.74, 6) is 2.37. The van der Waals surface area contributed by atoms with Crippen LogP contribution in [0.1, 0.15) is 52.6 Å². The SMILES string of the molecule is CC1C=CC=CC1C=NC(NC(N)c1ccc(-c2ccccc2)cc1)c1ccc(-c2ccc3c(c2)C2(c4ccccc4Oc4ccccc42)c2ccccc2-3)cc1. The molecular weight excluding hydrogens is 695 g/mol. The van der Waals surface area contributed by atoms with Gasteiger partial charge in [-0.1, -0.05) is 183 Å². The van der Waals surface area contributed by atoms with Gasteiger partial charge >= 0.3 is 0 Å². The molecule has 1 heterocycles. The van der Waals surface area contributed by atoms with Gasteiger partial charge in [-0.25, -0.2) is 0 Å². The average molecular weight is 738 g/mol. The lowest BCUT2D eigenvalue weighted by atomic mass is 9.66. The Bertz CT molecular complexity index is 2630. The minimum atomic E-state index is -0.508. The van der Waals surface area contributed by atoms with Gasteiger partial charge in [0, 0.05) is 23.3 Å². The number of aliphatic imine (C=N–C) groups is 1. The Morgan fingerprint density at radius 3 is 1.81 bits per heavy atom. The van der Waals surface area contributed by atoms with Crippen LogP contribution in [0, 0.1) is 11.8 Å². The molecule has 4 unspecified atom stereocenters. The van der Waals surface area contributed by atoms with Crippen molar-refractivity contribution < 1.29 is 4.74 Å². The van der Waals surface area contributed by atoms with E-state index >= 15 is 0 Å². The largest absolute Gasteiger partial charge is 0.457 e. The maximum Gasteiger partial charge on any atom is 0.132 e. The maximum atomic E-state index is 6.88. The molecule has 276 valence electrons. The van der Waals surface area contributed by atoms with Gasteiger partial charge in [0.2, 0.25) is 0 Å². The monoisotopic (exact) mass is 737 g/mol. The lowest BCUT2D eigenvalue weighted by molar-refractivity contribution is 0.436. The van der Waals surface area contributed by atoms with Gasteiger partial charge in [-0.15, -0.1) is 0 Å². The number of nitrogens with two attached hydrogens (primary N) is 1. The summed E-state index contributed by atoms with van der Waals surface area (Å²) < 4.78 is 6.55. The highest BCUT2D eigenvalue weighted by Crippen LogP contribution is 2.62. The zero-order valence-electron chi connectivity index (χ0n) is 31.8. The molecule has 0 fully saturated rings. The number of rotatable bonds is 8. The summed E-state index contributed by atoms with van der Waals surface area (Å²) in [5, 5.41) is 3.65. The van der Waals surface area contributed by atoms with E-state index in [1.165, 1.54) is 27.8 Å². The normalized spacial score (nSPS) is 18.0. The van der Waals surface area contributed by atoms with Crippen molar-refractivity contribution in [3.05, 3.63) is 228 Å². The van der Waals surface area contributed by atoms with Crippen LogP contribution < -0.4 is 15.8 Å². The molecule has 10 rings (SSSR count). The van der Waals surface area contributed by atoms with Crippen molar-refractivity contribution in [2.45, 2.75) is 24.7 Å². The molecule has 4 heteroatoms. The average Bonchev–Trinajstić information content (AvgIpc) is 3.56. The van der Waals surface area contributed by atoms with E-state index in [2.05, 4.69) is 207 Å². The number of nitrogens with one attached hydrogen (secondary N) is 1. The molecule has 0 bridgehead atoms. The summed E-state index contributed by atoms with van der Waals surface area (Å²) in [6.07, 6.45) is 9.96. The molecule has 4 nitrogen and oxygen atoms in total. The summed E-state index contributed by atoms with van der Waals surface area (Å²) >= 11 is 0. The van der Waals surface area contributed by atoms with Crippen LogP contribution in [0.3, 0.4) is 0 Å². The molecule has 3 aliphatic rings. The number of para-hydroxylation sites is 2. The maximum absolute atomic E-state index is 6.88. The first-order valence-corrected chi connectivity index (χ1v) is 19.8. The van der Waals surface area contributed by atoms with Crippen molar-refractivity contribution in [2.24, 2.45) is 22.6 Å². The highest BCUT2D eigenvalue weighted by Gasteiger charge is 2.51. The van der Waals surface area contributed by atoms with E-state index in [4.69, 9.17) is 15.5 Å². The van der Waals surface area contributed by atoms with Crippen molar-refractivity contribution in [2.75, 3.05) is 0 Å². The molecule has 57 heavy (non-hydrogen) atoms. The molecule has 1 spiro atoms. The van der Waals surface area contributed by atoms with E-state index in [9.17, 15) is 0 Å². The van der Waals surface area contributed by atoms with Gasteiger partial charge in [0.1, 0.15) is 17.7 Å². The van der Waals surface area contributed by atoms with Crippen LogP contribution in [0.15, 0.2) is 199 Å². The van der Waals surface area contributed by atoms with Crippen LogP contribution in [0.25, 0.3) is 33.4 Å². The quantitative estimate of drug-likeness (QED) is 0.121. The Kier molecular flexibility index (Phi) is 8.86. The second-order valence-electron chi connectivity index (χ2n) is 15.3. The van der Waals surface area contributed by atoms with E-state index in [0.717, 1.165) is 50.4 Å². The second kappa shape index (κ2) is 14.5. The first kappa shape index (κ1) is 34.9. The molecule has 3 N–H and O–H groups in total. The third-order valence-corrected chi connectivity index (χ3v) is 12.0. The Hall–Kier alpha value is -6.59. The predicted molar refractivity (Wildman–Crippen MR) is 233 cm³/mol. The van der Waals surface area contributed by atoms with E-state index in [1.807, 2.05) is 6.07 Å². The molecule has 0 saturated carbocycles. The molecule has 0 amide bonds. The lowest BCUT2D eigenvalue weighted by Gasteiger charge is -2.39. The van der Waals surface area contributed by atoms with E-state index < -0.39 is 11.6 Å². The number of benzene rings is 7. The Morgan fingerprint density at radius 2 is 1.11 bits per heavy atom. The minimum Gasteiger partial charge on any atom is -0.457 e. The van der Waals surface area contributed by atoms with E-state index in [-0.39, 0.29) is 12.1 Å². The second-order valence-corrected chi connectivity index (χ2v) is 15.3. The summed E-state index contributed by atoms with van der Waals surface area (Å²) in [6, 6.07) is 60.5. The van der Waals surface area contributed by atoms with Crippen LogP contribution in [-0.2, 0) is 5.41 Å². The molecule has 0 radical (unpaired) electrons. The summed E-state index contributed by atoms with van der Waals surface area (Å²) in [4.78, 5) is 5.16. The highest BCUT2D eigenvalue weighted by molar-refractivity contribution is 5.90. The van der Waals surface area contributed by atoms with Crippen LogP contribution in [0.5, 0.6) is 11.5 Å². The first-order chi connectivity index (χ1) is 28.1. The van der Waals surface area contributed by atoms with Crippen molar-refractivity contribution in [3.63, 3.8) is 0 Å². The summed E-state index contributed by atoms with van der Waals surface area (Å²) in [5.41, 5.74) is 20.5. The summed E-state index contributed by atoms with van der Waals surface area (Å²) in [7, 11) is 0. The Labute approximate surface area is 334 Å². The Morgan fingerprint density at radius 1 is 0.561 bits per heavy atom. The molecular formula is C53H43N3O. The fourth-order valence-electron chi connectivity index (χ4n) is 9.00. The van der Waals surface area contributed by atoms with Crippen molar-refractivity contribution in [3.8, 4) is 44.9 Å². The van der Waals surface area contributed by atoms with Gasteiger partial charge in [0.25, 0.3) is 0 Å². The van der Waals surface area contributed by atoms with Crippen molar-refractivity contribution in [1.82, 2.24) is 5.32 Å². The third-order valence-electron chi connectivity index (χ3n) is 12.0. The van der Waals surface area contributed by atoms with Gasteiger partial charge in [-0.05, 0) is 79.8 Å². The van der Waals surface area contributed by atoms with Crippen LogP contribution >= 0.6 is 0 Å². The number of nitrogens with zero attached hydrogens (tertiary/aromatic N) is 1. The van der Waals surface area contributed by atoms with Gasteiger partial charge in [-0.2, -0.15) is 0 Å². The molecule has 7 aromatic rings. The number of hydrogen-bond acceptors (Lipinski definition) is 4. The highest BCUT2D eigenvalue weighted by atomic mass is 16.5. The number of fused-ring (bicyclic) bond motifs is 9. The van der Waals surface area contributed by atoms with Crippen LogP contribution in [0.2, 0.25) is 0 Å². The fourth-order valence-corrected chi connectivity index (χ4v) is 9.00. The molecule has 4 atom stereocenters. The number of hydrogen-bond donors (Lipinski definition) is 2. The third kappa shape index (κ3) is 6.06. The van der Waals surface area contributed by atoms with E-state index in [0.29, 0.717) is 5.92 Å². The molecule has 2 aliphatic carbocycles. The van der Waals surface area contributed by atoms with Gasteiger partial charge in [0.05, 0.1) is 11.6 Å². The lowest BCUT2D eigenvalue weighted by Crippen LogP contribution is -2.32. The minimum absolute atomic E-state index is 0.211. The van der Waals surface area contributed by atoms with Gasteiger partial charge < -0.3 is 10.5 Å². The van der Waals surface area contributed by atoms with Gasteiger partial charge in [-0.3, -0.25) is 10.3 Å². The molecule has 0 saturated heterocycles.